The lowest BCUT2D eigenvalue weighted by molar-refractivity contribution is 0.0594. The van der Waals surface area contributed by atoms with Crippen LogP contribution in [0.4, 0.5) is 0 Å². The van der Waals surface area contributed by atoms with E-state index in [9.17, 15) is 13.2 Å². The second-order valence-corrected chi connectivity index (χ2v) is 6.89. The number of aryl methyl sites for hydroxylation is 2. The average molecular weight is 316 g/mol. The summed E-state index contributed by atoms with van der Waals surface area (Å²) in [6.45, 7) is 3.72. The third kappa shape index (κ3) is 2.58. The van der Waals surface area contributed by atoms with Crippen molar-refractivity contribution in [2.75, 3.05) is 20.2 Å². The van der Waals surface area contributed by atoms with Crippen LogP contribution in [0.15, 0.2) is 9.31 Å². The van der Waals surface area contributed by atoms with E-state index in [0.717, 1.165) is 12.8 Å². The standard InChI is InChI=1S/C13H20N2O5S/c1-8-11(13(16)19-3)12(9(2)20-8)21(17,18)15-6-4-5-10(15)7-14/h10H,4-7,14H2,1-3H3. The van der Waals surface area contributed by atoms with Gasteiger partial charge in [0, 0.05) is 19.1 Å². The lowest BCUT2D eigenvalue weighted by Crippen LogP contribution is -2.40. The Labute approximate surface area is 124 Å². The number of nitrogens with two attached hydrogens (primary N) is 1. The highest BCUT2D eigenvalue weighted by atomic mass is 32.2. The molecule has 0 spiro atoms. The number of hydrogen-bond acceptors (Lipinski definition) is 6. The summed E-state index contributed by atoms with van der Waals surface area (Å²) in [5.41, 5.74) is 5.62. The summed E-state index contributed by atoms with van der Waals surface area (Å²) in [6, 6.07) is -0.241. The van der Waals surface area contributed by atoms with Crippen LogP contribution in [0.3, 0.4) is 0 Å². The Morgan fingerprint density at radius 3 is 2.67 bits per heavy atom. The number of ether oxygens (including phenoxy) is 1. The monoisotopic (exact) mass is 316 g/mol. The van der Waals surface area contributed by atoms with Gasteiger partial charge >= 0.3 is 5.97 Å². The van der Waals surface area contributed by atoms with Gasteiger partial charge in [-0.2, -0.15) is 4.31 Å². The molecule has 1 aromatic rings. The van der Waals surface area contributed by atoms with E-state index < -0.39 is 16.0 Å². The first kappa shape index (κ1) is 16.0. The second-order valence-electron chi connectivity index (χ2n) is 5.06. The maximum atomic E-state index is 12.9. The normalized spacial score (nSPS) is 19.9. The van der Waals surface area contributed by atoms with Crippen LogP contribution in [0, 0.1) is 13.8 Å². The van der Waals surface area contributed by atoms with Crippen LogP contribution in [-0.4, -0.2) is 44.9 Å². The van der Waals surface area contributed by atoms with Gasteiger partial charge in [0.25, 0.3) is 0 Å². The van der Waals surface area contributed by atoms with E-state index in [1.165, 1.54) is 18.3 Å². The van der Waals surface area contributed by atoms with Crippen molar-refractivity contribution in [2.45, 2.75) is 37.6 Å². The van der Waals surface area contributed by atoms with Crippen molar-refractivity contribution in [2.24, 2.45) is 5.73 Å². The molecule has 1 aromatic heterocycles. The van der Waals surface area contributed by atoms with Crippen molar-refractivity contribution < 1.29 is 22.4 Å². The van der Waals surface area contributed by atoms with Gasteiger partial charge in [0.1, 0.15) is 22.0 Å². The molecule has 0 amide bonds. The Morgan fingerprint density at radius 1 is 1.43 bits per heavy atom. The highest BCUT2D eigenvalue weighted by molar-refractivity contribution is 7.89. The Morgan fingerprint density at radius 2 is 2.10 bits per heavy atom. The third-order valence-electron chi connectivity index (χ3n) is 3.76. The Hall–Kier alpha value is -1.38. The highest BCUT2D eigenvalue weighted by Gasteiger charge is 2.40. The summed E-state index contributed by atoms with van der Waals surface area (Å²) in [7, 11) is -2.63. The molecule has 2 N–H and O–H groups in total. The van der Waals surface area contributed by atoms with Crippen molar-refractivity contribution in [3.63, 3.8) is 0 Å². The zero-order valence-electron chi connectivity index (χ0n) is 12.4. The molecule has 1 fully saturated rings. The van der Waals surface area contributed by atoms with Gasteiger partial charge in [0.15, 0.2) is 0 Å². The van der Waals surface area contributed by atoms with Crippen LogP contribution in [-0.2, 0) is 14.8 Å². The van der Waals surface area contributed by atoms with Gasteiger partial charge in [-0.05, 0) is 26.7 Å². The Balaban J connectivity index is 2.57. The van der Waals surface area contributed by atoms with Gasteiger partial charge in [-0.25, -0.2) is 13.2 Å². The van der Waals surface area contributed by atoms with Gasteiger partial charge in [-0.1, -0.05) is 0 Å². The number of rotatable bonds is 4. The molecule has 0 aromatic carbocycles. The second kappa shape index (κ2) is 5.78. The zero-order chi connectivity index (χ0) is 15.8. The zero-order valence-corrected chi connectivity index (χ0v) is 13.2. The van der Waals surface area contributed by atoms with E-state index in [4.69, 9.17) is 10.2 Å². The lowest BCUT2D eigenvalue weighted by Gasteiger charge is -2.22. The van der Waals surface area contributed by atoms with Crippen molar-refractivity contribution in [1.29, 1.82) is 0 Å². The molecule has 2 rings (SSSR count). The average Bonchev–Trinajstić information content (AvgIpc) is 3.02. The Kier molecular flexibility index (Phi) is 4.40. The molecule has 0 saturated carbocycles. The molecule has 1 aliphatic heterocycles. The fourth-order valence-electron chi connectivity index (χ4n) is 2.79. The largest absolute Gasteiger partial charge is 0.465 e. The fraction of sp³-hybridized carbons (Fsp3) is 0.615. The predicted octanol–water partition coefficient (Wildman–Crippen LogP) is 0.795. The van der Waals surface area contributed by atoms with E-state index in [0.29, 0.717) is 6.54 Å². The van der Waals surface area contributed by atoms with Crippen LogP contribution in [0.5, 0.6) is 0 Å². The first-order valence-electron chi connectivity index (χ1n) is 6.74. The molecule has 8 heteroatoms. The predicted molar refractivity (Wildman–Crippen MR) is 75.5 cm³/mol. The van der Waals surface area contributed by atoms with Crippen LogP contribution < -0.4 is 5.73 Å². The van der Waals surface area contributed by atoms with Crippen LogP contribution >= 0.6 is 0 Å². The van der Waals surface area contributed by atoms with Crippen molar-refractivity contribution in [3.8, 4) is 0 Å². The summed E-state index contributed by atoms with van der Waals surface area (Å²) >= 11 is 0. The summed E-state index contributed by atoms with van der Waals surface area (Å²) in [6.07, 6.45) is 1.48. The lowest BCUT2D eigenvalue weighted by atomic mass is 10.2. The first-order valence-corrected chi connectivity index (χ1v) is 8.18. The summed E-state index contributed by atoms with van der Waals surface area (Å²) in [4.78, 5) is 11.8. The van der Waals surface area contributed by atoms with Crippen LogP contribution in [0.2, 0.25) is 0 Å². The van der Waals surface area contributed by atoms with Crippen LogP contribution in [0.1, 0.15) is 34.7 Å². The number of esters is 1. The summed E-state index contributed by atoms with van der Waals surface area (Å²) < 4.78 is 37.1. The quantitative estimate of drug-likeness (QED) is 0.824. The Bertz CT molecular complexity index is 650. The molecule has 0 radical (unpaired) electrons. The summed E-state index contributed by atoms with van der Waals surface area (Å²) in [5.74, 6) is -0.289. The molecular weight excluding hydrogens is 296 g/mol. The minimum Gasteiger partial charge on any atom is -0.465 e. The van der Waals surface area contributed by atoms with E-state index in [2.05, 4.69) is 4.74 Å². The molecule has 21 heavy (non-hydrogen) atoms. The maximum absolute atomic E-state index is 12.9. The van der Waals surface area contributed by atoms with Crippen molar-refractivity contribution in [1.82, 2.24) is 4.31 Å². The molecule has 7 nitrogen and oxygen atoms in total. The van der Waals surface area contributed by atoms with Crippen molar-refractivity contribution in [3.05, 3.63) is 17.1 Å². The number of methoxy groups -OCH3 is 1. The van der Waals surface area contributed by atoms with Crippen molar-refractivity contribution >= 4 is 16.0 Å². The van der Waals surface area contributed by atoms with Gasteiger partial charge < -0.3 is 14.9 Å². The fourth-order valence-corrected chi connectivity index (χ4v) is 4.87. The van der Waals surface area contributed by atoms with Crippen LogP contribution in [0.25, 0.3) is 0 Å². The van der Waals surface area contributed by atoms with E-state index in [1.54, 1.807) is 6.92 Å². The SMILES string of the molecule is COC(=O)c1c(C)oc(C)c1S(=O)(=O)N1CCCC1CN. The van der Waals surface area contributed by atoms with Gasteiger partial charge in [0.05, 0.1) is 7.11 Å². The number of carbonyl (C=O) groups is 1. The molecule has 0 bridgehead atoms. The first-order chi connectivity index (χ1) is 9.84. The molecule has 1 aliphatic rings. The smallest absolute Gasteiger partial charge is 0.342 e. The topological polar surface area (TPSA) is 103 Å². The molecule has 1 unspecified atom stereocenters. The van der Waals surface area contributed by atoms with Gasteiger partial charge in [-0.3, -0.25) is 0 Å². The minimum atomic E-state index is -3.84. The molecule has 2 heterocycles. The van der Waals surface area contributed by atoms with E-state index in [1.807, 2.05) is 0 Å². The van der Waals surface area contributed by atoms with E-state index in [-0.39, 0.29) is 34.6 Å². The molecule has 1 saturated heterocycles. The van der Waals surface area contributed by atoms with E-state index >= 15 is 0 Å². The maximum Gasteiger partial charge on any atom is 0.342 e. The summed E-state index contributed by atoms with van der Waals surface area (Å²) in [5, 5.41) is 0. The minimum absolute atomic E-state index is 0.0299. The molecular formula is C13H20N2O5S. The molecule has 1 atom stereocenters. The number of nitrogens with zero attached hydrogens (tertiary/aromatic N) is 1. The number of furan rings is 1. The molecule has 0 aliphatic carbocycles. The van der Waals surface area contributed by atoms with Gasteiger partial charge in [-0.15, -0.1) is 0 Å². The number of sulfonamides is 1. The number of hydrogen-bond donors (Lipinski definition) is 1. The highest BCUT2D eigenvalue weighted by Crippen LogP contribution is 2.33. The van der Waals surface area contributed by atoms with Gasteiger partial charge in [0.2, 0.25) is 10.0 Å². The third-order valence-corrected chi connectivity index (χ3v) is 5.86. The molecule has 118 valence electrons. The number of carbonyl (C=O) groups excluding carboxylic acids is 1.